The van der Waals surface area contributed by atoms with Crippen LogP contribution < -0.4 is 5.73 Å². The SMILES string of the molecule is CN(C[C@H]1CC(n2ccc3c(N)ncnc32)[C@H](O)[C@@H]1O)C1CC(CCc2nc3ccc(C(C)(C)C)cc3[nH]2)C1. The minimum Gasteiger partial charge on any atom is -0.390 e. The Morgan fingerprint density at radius 3 is 2.67 bits per heavy atom. The Hall–Kier alpha value is -3.01. The van der Waals surface area contributed by atoms with Crippen LogP contribution in [0.25, 0.3) is 22.1 Å². The lowest BCUT2D eigenvalue weighted by atomic mass is 9.76. The van der Waals surface area contributed by atoms with Crippen molar-refractivity contribution in [3.05, 3.63) is 48.2 Å². The van der Waals surface area contributed by atoms with Crippen molar-refractivity contribution in [2.45, 2.75) is 82.6 Å². The number of imidazole rings is 1. The van der Waals surface area contributed by atoms with Crippen LogP contribution >= 0.6 is 0 Å². The smallest absolute Gasteiger partial charge is 0.145 e. The van der Waals surface area contributed by atoms with E-state index in [1.54, 1.807) is 0 Å². The number of nitrogens with zero attached hydrogens (tertiary/aromatic N) is 5. The molecule has 39 heavy (non-hydrogen) atoms. The molecule has 3 heterocycles. The Morgan fingerprint density at radius 2 is 1.90 bits per heavy atom. The van der Waals surface area contributed by atoms with Crippen molar-refractivity contribution in [1.29, 1.82) is 0 Å². The first-order valence-corrected chi connectivity index (χ1v) is 14.2. The molecule has 2 fully saturated rings. The highest BCUT2D eigenvalue weighted by molar-refractivity contribution is 5.86. The number of aliphatic hydroxyl groups is 2. The number of nitrogens with one attached hydrogen (secondary N) is 1. The number of nitrogens with two attached hydrogens (primary N) is 1. The zero-order valence-corrected chi connectivity index (χ0v) is 23.4. The predicted molar refractivity (Wildman–Crippen MR) is 153 cm³/mol. The number of aromatic amines is 1. The Balaban J connectivity index is 1.01. The van der Waals surface area contributed by atoms with E-state index in [-0.39, 0.29) is 17.4 Å². The topological polar surface area (TPSA) is 129 Å². The van der Waals surface area contributed by atoms with Gasteiger partial charge in [-0.3, -0.25) is 0 Å². The maximum Gasteiger partial charge on any atom is 0.145 e. The van der Waals surface area contributed by atoms with Gasteiger partial charge in [0.2, 0.25) is 0 Å². The standard InChI is InChI=1S/C30H41N7O2/c1-30(2,3)19-6-7-22-23(14-19)35-25(34-22)8-5-17-11-20(12-17)36(4)15-18-13-24(27(39)26(18)38)37-10-9-21-28(31)32-16-33-29(21)37/h6-7,9-10,14,16-18,20,24,26-27,38-39H,5,8,11-13,15H2,1-4H3,(H,34,35)(H2,31,32,33)/t17?,18-,20?,24?,26-,27+/m1/s1. The molecule has 0 aliphatic heterocycles. The Morgan fingerprint density at radius 1 is 1.10 bits per heavy atom. The molecule has 0 amide bonds. The molecular weight excluding hydrogens is 490 g/mol. The van der Waals surface area contributed by atoms with Crippen molar-refractivity contribution in [2.75, 3.05) is 19.3 Å². The average Bonchev–Trinajstić information content (AvgIpc) is 3.54. The summed E-state index contributed by atoms with van der Waals surface area (Å²) in [6, 6.07) is 8.72. The van der Waals surface area contributed by atoms with Crippen molar-refractivity contribution in [2.24, 2.45) is 11.8 Å². The number of H-pyrrole nitrogens is 1. The third-order valence-electron chi connectivity index (χ3n) is 9.21. The van der Waals surface area contributed by atoms with Gasteiger partial charge in [0.05, 0.1) is 28.6 Å². The van der Waals surface area contributed by atoms with Crippen molar-refractivity contribution in [3.63, 3.8) is 0 Å². The molecule has 1 unspecified atom stereocenters. The van der Waals surface area contributed by atoms with Crippen LogP contribution in [0.15, 0.2) is 36.8 Å². The fourth-order valence-corrected chi connectivity index (χ4v) is 6.62. The van der Waals surface area contributed by atoms with E-state index in [1.165, 1.54) is 11.9 Å². The number of benzene rings is 1. The van der Waals surface area contributed by atoms with Crippen LogP contribution in [-0.4, -0.2) is 71.5 Å². The van der Waals surface area contributed by atoms with Crippen LogP contribution in [0.1, 0.15) is 63.9 Å². The summed E-state index contributed by atoms with van der Waals surface area (Å²) in [5.41, 5.74) is 10.3. The van der Waals surface area contributed by atoms with Crippen molar-refractivity contribution in [1.82, 2.24) is 29.4 Å². The van der Waals surface area contributed by atoms with Crippen LogP contribution in [0.3, 0.4) is 0 Å². The third-order valence-corrected chi connectivity index (χ3v) is 9.21. The van der Waals surface area contributed by atoms with Gasteiger partial charge in [0, 0.05) is 31.1 Å². The molecule has 0 spiro atoms. The number of nitrogen functional groups attached to an aromatic ring is 1. The maximum absolute atomic E-state index is 10.9. The van der Waals surface area contributed by atoms with E-state index < -0.39 is 12.2 Å². The Kier molecular flexibility index (Phi) is 6.64. The van der Waals surface area contributed by atoms with Crippen LogP contribution in [0.2, 0.25) is 0 Å². The van der Waals surface area contributed by atoms with Crippen LogP contribution in [0.5, 0.6) is 0 Å². The number of hydrogen-bond acceptors (Lipinski definition) is 7. The van der Waals surface area contributed by atoms with E-state index in [4.69, 9.17) is 10.7 Å². The second-order valence-corrected chi connectivity index (χ2v) is 12.9. The quantitative estimate of drug-likeness (QED) is 0.285. The molecule has 1 aromatic carbocycles. The zero-order valence-electron chi connectivity index (χ0n) is 23.4. The van der Waals surface area contributed by atoms with Gasteiger partial charge < -0.3 is 30.4 Å². The monoisotopic (exact) mass is 531 g/mol. The van der Waals surface area contributed by atoms with Crippen LogP contribution in [0, 0.1) is 11.8 Å². The maximum atomic E-state index is 10.9. The second-order valence-electron chi connectivity index (χ2n) is 12.9. The summed E-state index contributed by atoms with van der Waals surface area (Å²) in [5, 5.41) is 22.6. The molecule has 0 bridgehead atoms. The van der Waals surface area contributed by atoms with E-state index in [0.29, 0.717) is 29.8 Å². The Bertz CT molecular complexity index is 1470. The van der Waals surface area contributed by atoms with Gasteiger partial charge in [0.1, 0.15) is 29.7 Å². The summed E-state index contributed by atoms with van der Waals surface area (Å²) < 4.78 is 1.95. The van der Waals surface area contributed by atoms with Crippen LogP contribution in [0.4, 0.5) is 5.82 Å². The molecule has 4 atom stereocenters. The lowest BCUT2D eigenvalue weighted by Crippen LogP contribution is -2.46. The molecule has 2 aliphatic rings. The van der Waals surface area contributed by atoms with Gasteiger partial charge in [-0.05, 0) is 67.8 Å². The fraction of sp³-hybridized carbons (Fsp3) is 0.567. The number of rotatable bonds is 7. The number of hydrogen-bond donors (Lipinski definition) is 4. The van der Waals surface area contributed by atoms with E-state index in [2.05, 4.69) is 65.9 Å². The predicted octanol–water partition coefficient (Wildman–Crippen LogP) is 3.81. The number of fused-ring (bicyclic) bond motifs is 2. The van der Waals surface area contributed by atoms with E-state index in [9.17, 15) is 10.2 Å². The summed E-state index contributed by atoms with van der Waals surface area (Å²) in [7, 11) is 2.15. The molecule has 3 aromatic heterocycles. The van der Waals surface area contributed by atoms with Crippen LogP contribution in [-0.2, 0) is 11.8 Å². The molecule has 4 aromatic rings. The van der Waals surface area contributed by atoms with E-state index >= 15 is 0 Å². The lowest BCUT2D eigenvalue weighted by Gasteiger charge is -2.42. The van der Waals surface area contributed by atoms with Crippen molar-refractivity contribution in [3.8, 4) is 0 Å². The third kappa shape index (κ3) is 4.92. The summed E-state index contributed by atoms with van der Waals surface area (Å²) in [6.45, 7) is 7.47. The molecule has 6 rings (SSSR count). The molecule has 9 heteroatoms. The highest BCUT2D eigenvalue weighted by atomic mass is 16.3. The van der Waals surface area contributed by atoms with E-state index in [1.807, 2.05) is 16.8 Å². The van der Waals surface area contributed by atoms with Crippen molar-refractivity contribution < 1.29 is 10.2 Å². The molecule has 208 valence electrons. The molecular formula is C30H41N7O2. The molecule has 9 nitrogen and oxygen atoms in total. The molecule has 0 radical (unpaired) electrons. The van der Waals surface area contributed by atoms with E-state index in [0.717, 1.165) is 54.5 Å². The van der Waals surface area contributed by atoms with Gasteiger partial charge in [-0.1, -0.05) is 26.8 Å². The summed E-state index contributed by atoms with van der Waals surface area (Å²) in [5.74, 6) is 2.20. The number of anilines is 1. The number of aryl methyl sites for hydroxylation is 1. The minimum atomic E-state index is -0.840. The number of aromatic nitrogens is 5. The first-order chi connectivity index (χ1) is 18.6. The summed E-state index contributed by atoms with van der Waals surface area (Å²) in [4.78, 5) is 19.2. The van der Waals surface area contributed by atoms with Gasteiger partial charge in [0.15, 0.2) is 0 Å². The zero-order chi connectivity index (χ0) is 27.5. The molecule has 2 saturated carbocycles. The highest BCUT2D eigenvalue weighted by Gasteiger charge is 2.44. The highest BCUT2D eigenvalue weighted by Crippen LogP contribution is 2.40. The molecule has 2 aliphatic carbocycles. The Labute approximate surface area is 229 Å². The first kappa shape index (κ1) is 26.2. The van der Waals surface area contributed by atoms with Gasteiger partial charge >= 0.3 is 0 Å². The molecule has 5 N–H and O–H groups in total. The van der Waals surface area contributed by atoms with Gasteiger partial charge in [-0.15, -0.1) is 0 Å². The second kappa shape index (κ2) is 9.87. The summed E-state index contributed by atoms with van der Waals surface area (Å²) >= 11 is 0. The largest absolute Gasteiger partial charge is 0.390 e. The summed E-state index contributed by atoms with van der Waals surface area (Å²) in [6.07, 6.45) is 6.86. The van der Waals surface area contributed by atoms with Gasteiger partial charge in [-0.2, -0.15) is 0 Å². The van der Waals surface area contributed by atoms with Gasteiger partial charge in [0.25, 0.3) is 0 Å². The lowest BCUT2D eigenvalue weighted by molar-refractivity contribution is -0.00658. The average molecular weight is 532 g/mol. The van der Waals surface area contributed by atoms with Gasteiger partial charge in [-0.25, -0.2) is 15.0 Å². The normalized spacial score (nSPS) is 27.6. The number of aliphatic hydroxyl groups excluding tert-OH is 2. The first-order valence-electron chi connectivity index (χ1n) is 14.2. The fourth-order valence-electron chi connectivity index (χ4n) is 6.62. The minimum absolute atomic E-state index is 0.000720. The van der Waals surface area contributed by atoms with Crippen molar-refractivity contribution >= 4 is 27.9 Å². The molecule has 0 saturated heterocycles.